The molecule has 0 spiro atoms. The van der Waals surface area contributed by atoms with Gasteiger partial charge in [0.1, 0.15) is 5.82 Å². The summed E-state index contributed by atoms with van der Waals surface area (Å²) in [5.41, 5.74) is 2.71. The first-order valence-corrected chi connectivity index (χ1v) is 9.94. The first-order chi connectivity index (χ1) is 12.8. The predicted octanol–water partition coefficient (Wildman–Crippen LogP) is 4.31. The van der Waals surface area contributed by atoms with Crippen LogP contribution in [0.15, 0.2) is 42.6 Å². The molecule has 2 heterocycles. The molecule has 144 valence electrons. The van der Waals surface area contributed by atoms with Crippen molar-refractivity contribution >= 4 is 23.3 Å². The quantitative estimate of drug-likeness (QED) is 0.786. The van der Waals surface area contributed by atoms with Crippen molar-refractivity contribution in [3.05, 3.63) is 58.7 Å². The van der Waals surface area contributed by atoms with Gasteiger partial charge in [-0.1, -0.05) is 56.6 Å². The molecule has 1 fully saturated rings. The number of nitrogens with zero attached hydrogens (tertiary/aromatic N) is 3. The second kappa shape index (κ2) is 8.30. The molecule has 4 nitrogen and oxygen atoms in total. The molecule has 0 saturated carbocycles. The number of carbonyl (C=O) groups excluding carboxylic acids is 1. The number of pyridine rings is 1. The van der Waals surface area contributed by atoms with Gasteiger partial charge in [-0.25, -0.2) is 4.98 Å². The van der Waals surface area contributed by atoms with Crippen molar-refractivity contribution in [2.24, 2.45) is 0 Å². The Bertz CT molecular complexity index is 758. The second-order valence-electron chi connectivity index (χ2n) is 8.15. The molecule has 0 unspecified atom stereocenters. The zero-order valence-corrected chi connectivity index (χ0v) is 17.2. The summed E-state index contributed by atoms with van der Waals surface area (Å²) in [7, 11) is 0. The molecule has 0 atom stereocenters. The lowest BCUT2D eigenvalue weighted by Gasteiger charge is -2.35. The minimum Gasteiger partial charge on any atom is -0.353 e. The van der Waals surface area contributed by atoms with E-state index in [0.717, 1.165) is 38.4 Å². The highest BCUT2D eigenvalue weighted by Crippen LogP contribution is 2.22. The topological polar surface area (TPSA) is 36.4 Å². The molecule has 0 radical (unpaired) electrons. The lowest BCUT2D eigenvalue weighted by Crippen LogP contribution is -2.49. The Kier molecular flexibility index (Phi) is 6.05. The third-order valence-corrected chi connectivity index (χ3v) is 5.34. The third kappa shape index (κ3) is 5.23. The van der Waals surface area contributed by atoms with Crippen LogP contribution in [-0.2, 0) is 16.6 Å². The van der Waals surface area contributed by atoms with Crippen molar-refractivity contribution in [1.29, 1.82) is 0 Å². The first-order valence-electron chi connectivity index (χ1n) is 9.56. The number of hydrogen-bond acceptors (Lipinski definition) is 3. The average Bonchev–Trinajstić information content (AvgIpc) is 2.66. The van der Waals surface area contributed by atoms with E-state index < -0.39 is 0 Å². The van der Waals surface area contributed by atoms with Crippen molar-refractivity contribution in [1.82, 2.24) is 9.88 Å². The van der Waals surface area contributed by atoms with Crippen LogP contribution in [0.3, 0.4) is 0 Å². The van der Waals surface area contributed by atoms with E-state index in [1.165, 1.54) is 11.1 Å². The maximum atomic E-state index is 12.6. The fourth-order valence-corrected chi connectivity index (χ4v) is 3.43. The lowest BCUT2D eigenvalue weighted by molar-refractivity contribution is -0.131. The van der Waals surface area contributed by atoms with Gasteiger partial charge in [-0.3, -0.25) is 4.79 Å². The molecule has 3 rings (SSSR count). The minimum absolute atomic E-state index is 0.160. The summed E-state index contributed by atoms with van der Waals surface area (Å²) >= 11 is 5.90. The highest BCUT2D eigenvalue weighted by molar-refractivity contribution is 6.30. The molecule has 5 heteroatoms. The largest absolute Gasteiger partial charge is 0.353 e. The van der Waals surface area contributed by atoms with E-state index in [4.69, 9.17) is 11.6 Å². The van der Waals surface area contributed by atoms with Crippen LogP contribution < -0.4 is 4.90 Å². The van der Waals surface area contributed by atoms with E-state index >= 15 is 0 Å². The molecule has 1 aliphatic heterocycles. The number of rotatable bonds is 4. The molecule has 1 aromatic heterocycles. The number of aryl methyl sites for hydroxylation is 1. The predicted molar refractivity (Wildman–Crippen MR) is 112 cm³/mol. The van der Waals surface area contributed by atoms with Crippen molar-refractivity contribution in [3.8, 4) is 0 Å². The fourth-order valence-electron chi connectivity index (χ4n) is 3.32. The van der Waals surface area contributed by atoms with Crippen molar-refractivity contribution in [2.75, 3.05) is 31.1 Å². The molecule has 1 aromatic carbocycles. The Morgan fingerprint density at radius 3 is 2.26 bits per heavy atom. The molecule has 1 saturated heterocycles. The number of piperazine rings is 1. The third-order valence-electron chi connectivity index (χ3n) is 5.12. The van der Waals surface area contributed by atoms with Crippen molar-refractivity contribution in [2.45, 2.75) is 39.0 Å². The Morgan fingerprint density at radius 1 is 1.04 bits per heavy atom. The molecule has 0 N–H and O–H groups in total. The van der Waals surface area contributed by atoms with Gasteiger partial charge in [0.2, 0.25) is 5.91 Å². The van der Waals surface area contributed by atoms with Crippen LogP contribution in [0.1, 0.15) is 38.3 Å². The van der Waals surface area contributed by atoms with E-state index in [-0.39, 0.29) is 11.3 Å². The van der Waals surface area contributed by atoms with Gasteiger partial charge in [0.05, 0.1) is 5.02 Å². The molecule has 1 aliphatic rings. The van der Waals surface area contributed by atoms with Gasteiger partial charge in [-0.15, -0.1) is 0 Å². The van der Waals surface area contributed by atoms with Crippen LogP contribution in [0.4, 0.5) is 5.82 Å². The van der Waals surface area contributed by atoms with Crippen LogP contribution in [0.5, 0.6) is 0 Å². The van der Waals surface area contributed by atoms with E-state index in [0.29, 0.717) is 11.4 Å². The maximum absolute atomic E-state index is 12.6. The second-order valence-corrected chi connectivity index (χ2v) is 8.59. The standard InChI is InChI=1S/C22H28ClN3O/c1-22(2,3)18-7-4-17(5-8-18)6-11-21(27)26-14-12-25(13-15-26)20-10-9-19(23)16-24-20/h4-5,7-10,16H,6,11-15H2,1-3H3. The highest BCUT2D eigenvalue weighted by atomic mass is 35.5. The molecular formula is C22H28ClN3O. The van der Waals surface area contributed by atoms with E-state index in [1.807, 2.05) is 17.0 Å². The number of aromatic nitrogens is 1. The van der Waals surface area contributed by atoms with Gasteiger partial charge in [0.15, 0.2) is 0 Å². The maximum Gasteiger partial charge on any atom is 0.223 e. The minimum atomic E-state index is 0.160. The fraction of sp³-hybridized carbons (Fsp3) is 0.455. The smallest absolute Gasteiger partial charge is 0.223 e. The molecule has 2 aromatic rings. The van der Waals surface area contributed by atoms with Gasteiger partial charge < -0.3 is 9.80 Å². The summed E-state index contributed by atoms with van der Waals surface area (Å²) in [6, 6.07) is 12.4. The lowest BCUT2D eigenvalue weighted by atomic mass is 9.86. The number of anilines is 1. The summed E-state index contributed by atoms with van der Waals surface area (Å²) < 4.78 is 0. The molecule has 1 amide bonds. The Labute approximate surface area is 167 Å². The van der Waals surface area contributed by atoms with Gasteiger partial charge in [-0.05, 0) is 35.1 Å². The normalized spacial score (nSPS) is 15.1. The Balaban J connectivity index is 1.47. The first kappa shape index (κ1) is 19.7. The number of amides is 1. The van der Waals surface area contributed by atoms with Crippen LogP contribution in [-0.4, -0.2) is 42.0 Å². The van der Waals surface area contributed by atoms with Crippen LogP contribution in [0, 0.1) is 0 Å². The van der Waals surface area contributed by atoms with Crippen molar-refractivity contribution < 1.29 is 4.79 Å². The van der Waals surface area contributed by atoms with Gasteiger partial charge in [-0.2, -0.15) is 0 Å². The summed E-state index contributed by atoms with van der Waals surface area (Å²) in [5, 5.41) is 0.642. The molecule has 27 heavy (non-hydrogen) atoms. The molecule has 0 bridgehead atoms. The van der Waals surface area contributed by atoms with Gasteiger partial charge in [0, 0.05) is 38.8 Å². The molecular weight excluding hydrogens is 358 g/mol. The van der Waals surface area contributed by atoms with E-state index in [9.17, 15) is 4.79 Å². The average molecular weight is 386 g/mol. The molecule has 0 aliphatic carbocycles. The summed E-state index contributed by atoms with van der Waals surface area (Å²) in [6.07, 6.45) is 3.02. The number of carbonyl (C=O) groups is 1. The van der Waals surface area contributed by atoms with Crippen molar-refractivity contribution in [3.63, 3.8) is 0 Å². The van der Waals surface area contributed by atoms with Gasteiger partial charge >= 0.3 is 0 Å². The summed E-state index contributed by atoms with van der Waals surface area (Å²) in [6.45, 7) is 9.74. The summed E-state index contributed by atoms with van der Waals surface area (Å²) in [5.74, 6) is 1.16. The SMILES string of the molecule is CC(C)(C)c1ccc(CCC(=O)N2CCN(c3ccc(Cl)cn3)CC2)cc1. The number of halogens is 1. The van der Waals surface area contributed by atoms with Crippen LogP contribution in [0.2, 0.25) is 5.02 Å². The van der Waals surface area contributed by atoms with Gasteiger partial charge in [0.25, 0.3) is 0 Å². The Hall–Kier alpha value is -2.07. The van der Waals surface area contributed by atoms with E-state index in [1.54, 1.807) is 6.20 Å². The zero-order chi connectivity index (χ0) is 19.4. The van der Waals surface area contributed by atoms with E-state index in [2.05, 4.69) is 54.9 Å². The monoisotopic (exact) mass is 385 g/mol. The number of hydrogen-bond donors (Lipinski definition) is 0. The summed E-state index contributed by atoms with van der Waals surface area (Å²) in [4.78, 5) is 21.1. The highest BCUT2D eigenvalue weighted by Gasteiger charge is 2.21. The van der Waals surface area contributed by atoms with Crippen LogP contribution in [0.25, 0.3) is 0 Å². The Morgan fingerprint density at radius 2 is 1.70 bits per heavy atom. The number of benzene rings is 1. The van der Waals surface area contributed by atoms with Crippen LogP contribution >= 0.6 is 11.6 Å². The zero-order valence-electron chi connectivity index (χ0n) is 16.4.